The number of nitrogens with zero attached hydrogens (tertiary/aromatic N) is 1. The lowest BCUT2D eigenvalue weighted by Gasteiger charge is -2.41. The lowest BCUT2D eigenvalue weighted by molar-refractivity contribution is -0.152. The largest absolute Gasteiger partial charge is 0.481 e. The summed E-state index contributed by atoms with van der Waals surface area (Å²) in [5.74, 6) is -1.75. The van der Waals surface area contributed by atoms with Crippen molar-refractivity contribution in [1.29, 1.82) is 0 Å². The first-order chi connectivity index (χ1) is 9.30. The molecule has 0 aliphatic heterocycles. The highest BCUT2D eigenvalue weighted by molar-refractivity contribution is 6.03. The number of ketones is 1. The molecule has 110 valence electrons. The van der Waals surface area contributed by atoms with Crippen molar-refractivity contribution in [2.24, 2.45) is 39.7 Å². The highest BCUT2D eigenvalue weighted by Crippen LogP contribution is 2.73. The molecule has 3 aliphatic rings. The third kappa shape index (κ3) is 1.22. The first kappa shape index (κ1) is 13.6. The number of Topliss-reactive ketones (excluding diaryl/α,β-unsaturated/α-hetero) is 1. The molecule has 0 aromatic heterocycles. The molecule has 0 aromatic carbocycles. The number of hydrogen-bond donors (Lipinski definition) is 2. The summed E-state index contributed by atoms with van der Waals surface area (Å²) < 4.78 is 0. The van der Waals surface area contributed by atoms with E-state index in [1.165, 1.54) is 0 Å². The van der Waals surface area contributed by atoms with E-state index >= 15 is 0 Å². The van der Waals surface area contributed by atoms with Crippen molar-refractivity contribution in [3.8, 4) is 0 Å². The maximum Gasteiger partial charge on any atom is 0.307 e. The molecule has 0 unspecified atom stereocenters. The Labute approximate surface area is 118 Å². The second-order valence-electron chi connectivity index (χ2n) is 7.08. The summed E-state index contributed by atoms with van der Waals surface area (Å²) >= 11 is 0. The number of oxime groups is 1. The van der Waals surface area contributed by atoms with Crippen molar-refractivity contribution >= 4 is 17.5 Å². The van der Waals surface area contributed by atoms with Crippen molar-refractivity contribution in [3.63, 3.8) is 0 Å². The molecule has 5 nitrogen and oxygen atoms in total. The number of hydrogen-bond acceptors (Lipinski definition) is 4. The summed E-state index contributed by atoms with van der Waals surface area (Å²) in [4.78, 5) is 24.5. The Morgan fingerprint density at radius 1 is 1.45 bits per heavy atom. The van der Waals surface area contributed by atoms with Crippen LogP contribution in [0.4, 0.5) is 0 Å². The van der Waals surface area contributed by atoms with Gasteiger partial charge in [-0.1, -0.05) is 25.9 Å². The SMILES string of the molecule is C[C@H]1/C(=N/O)C[C@H]2[C@@]3(C)CC[C@@]2([C@@H](C)C(=O)O)C(=O)[C@@H]13. The second kappa shape index (κ2) is 3.83. The molecule has 0 radical (unpaired) electrons. The Hall–Kier alpha value is -1.39. The molecule has 3 aliphatic carbocycles. The van der Waals surface area contributed by atoms with Gasteiger partial charge in [-0.25, -0.2) is 0 Å². The molecule has 2 N–H and O–H groups in total. The minimum absolute atomic E-state index is 0.000648. The zero-order valence-corrected chi connectivity index (χ0v) is 12.1. The molecule has 5 heteroatoms. The first-order valence-corrected chi connectivity index (χ1v) is 7.28. The highest BCUT2D eigenvalue weighted by atomic mass is 16.4. The Kier molecular flexibility index (Phi) is 2.60. The van der Waals surface area contributed by atoms with Crippen LogP contribution in [-0.2, 0) is 9.59 Å². The summed E-state index contributed by atoms with van der Waals surface area (Å²) in [7, 11) is 0. The zero-order valence-electron chi connectivity index (χ0n) is 12.1. The summed E-state index contributed by atoms with van der Waals surface area (Å²) in [5.41, 5.74) is -0.229. The van der Waals surface area contributed by atoms with E-state index in [9.17, 15) is 19.9 Å². The van der Waals surface area contributed by atoms with E-state index in [1.54, 1.807) is 6.92 Å². The van der Waals surface area contributed by atoms with Gasteiger partial charge in [0.1, 0.15) is 5.78 Å². The van der Waals surface area contributed by atoms with Crippen LogP contribution in [0.25, 0.3) is 0 Å². The molecule has 0 saturated heterocycles. The summed E-state index contributed by atoms with van der Waals surface area (Å²) in [6.45, 7) is 5.71. The van der Waals surface area contributed by atoms with Crippen LogP contribution in [0, 0.1) is 34.5 Å². The van der Waals surface area contributed by atoms with Gasteiger partial charge in [0.05, 0.1) is 11.6 Å². The number of carboxylic acids is 1. The third-order valence-corrected chi connectivity index (χ3v) is 6.66. The van der Waals surface area contributed by atoms with Gasteiger partial charge in [-0.15, -0.1) is 0 Å². The Bertz CT molecular complexity index is 528. The minimum Gasteiger partial charge on any atom is -0.481 e. The highest BCUT2D eigenvalue weighted by Gasteiger charge is 2.75. The minimum atomic E-state index is -0.898. The molecule has 0 spiro atoms. The normalized spacial score (nSPS) is 49.6. The number of carbonyl (C=O) groups is 2. The summed E-state index contributed by atoms with van der Waals surface area (Å²) in [6, 6.07) is 0. The molecule has 0 aromatic rings. The molecule has 4 bridgehead atoms. The number of rotatable bonds is 2. The molecule has 0 heterocycles. The molecule has 3 fully saturated rings. The molecule has 0 amide bonds. The molecule has 20 heavy (non-hydrogen) atoms. The maximum atomic E-state index is 13.0. The van der Waals surface area contributed by atoms with Gasteiger partial charge in [0, 0.05) is 17.3 Å². The van der Waals surface area contributed by atoms with E-state index in [2.05, 4.69) is 12.1 Å². The quantitative estimate of drug-likeness (QED) is 0.599. The van der Waals surface area contributed by atoms with Crippen LogP contribution in [0.15, 0.2) is 5.16 Å². The number of carbonyl (C=O) groups excluding carboxylic acids is 1. The average Bonchev–Trinajstić information content (AvgIpc) is 2.74. The maximum absolute atomic E-state index is 13.0. The fourth-order valence-corrected chi connectivity index (χ4v) is 5.55. The monoisotopic (exact) mass is 279 g/mol. The first-order valence-electron chi connectivity index (χ1n) is 7.28. The van der Waals surface area contributed by atoms with Gasteiger partial charge in [-0.05, 0) is 30.6 Å². The van der Waals surface area contributed by atoms with Gasteiger partial charge >= 0.3 is 5.97 Å². The van der Waals surface area contributed by atoms with Crippen molar-refractivity contribution in [2.75, 3.05) is 0 Å². The van der Waals surface area contributed by atoms with Gasteiger partial charge in [-0.3, -0.25) is 9.59 Å². The van der Waals surface area contributed by atoms with Crippen molar-refractivity contribution in [3.05, 3.63) is 0 Å². The Morgan fingerprint density at radius 3 is 2.65 bits per heavy atom. The van der Waals surface area contributed by atoms with Crippen molar-refractivity contribution < 1.29 is 19.9 Å². The predicted molar refractivity (Wildman–Crippen MR) is 71.6 cm³/mol. The van der Waals surface area contributed by atoms with Crippen LogP contribution >= 0.6 is 0 Å². The Balaban J connectivity index is 2.16. The van der Waals surface area contributed by atoms with E-state index in [4.69, 9.17) is 0 Å². The summed E-state index contributed by atoms with van der Waals surface area (Å²) in [5, 5.41) is 22.0. The fourth-order valence-electron chi connectivity index (χ4n) is 5.55. The van der Waals surface area contributed by atoms with Gasteiger partial charge < -0.3 is 10.3 Å². The van der Waals surface area contributed by atoms with Crippen molar-refractivity contribution in [2.45, 2.75) is 40.0 Å². The standard InChI is InChI=1S/C15H21NO4/c1-7-9(16-20)6-10-14(3)4-5-15(10,8(2)13(18)19)12(17)11(7)14/h7-8,10-11,20H,4-6H2,1-3H3,(H,18,19)/b16-9+/t7-,8-,10-,11+,14+,15-/m0/s1. The van der Waals surface area contributed by atoms with E-state index in [1.807, 2.05) is 6.92 Å². The topological polar surface area (TPSA) is 87.0 Å². The molecular weight excluding hydrogens is 258 g/mol. The van der Waals surface area contributed by atoms with Gasteiger partial charge in [-0.2, -0.15) is 0 Å². The van der Waals surface area contributed by atoms with E-state index < -0.39 is 17.3 Å². The number of aliphatic carboxylic acids is 1. The molecule has 6 atom stereocenters. The van der Waals surface area contributed by atoms with Gasteiger partial charge in [0.2, 0.25) is 0 Å². The lowest BCUT2D eigenvalue weighted by Crippen LogP contribution is -2.43. The Morgan fingerprint density at radius 2 is 2.10 bits per heavy atom. The smallest absolute Gasteiger partial charge is 0.307 e. The van der Waals surface area contributed by atoms with Crippen LogP contribution in [-0.4, -0.2) is 27.8 Å². The van der Waals surface area contributed by atoms with Crippen LogP contribution in [0.5, 0.6) is 0 Å². The van der Waals surface area contributed by atoms with Crippen LogP contribution in [0.2, 0.25) is 0 Å². The van der Waals surface area contributed by atoms with E-state index in [0.717, 1.165) is 6.42 Å². The molecule has 3 saturated carbocycles. The van der Waals surface area contributed by atoms with Gasteiger partial charge in [0.15, 0.2) is 0 Å². The summed E-state index contributed by atoms with van der Waals surface area (Å²) in [6.07, 6.45) is 2.10. The number of carboxylic acid groups (broad SMARTS) is 1. The van der Waals surface area contributed by atoms with Gasteiger partial charge in [0.25, 0.3) is 0 Å². The van der Waals surface area contributed by atoms with Crippen LogP contribution in [0.1, 0.15) is 40.0 Å². The van der Waals surface area contributed by atoms with Crippen molar-refractivity contribution in [1.82, 2.24) is 0 Å². The second-order valence-corrected chi connectivity index (χ2v) is 7.08. The predicted octanol–water partition coefficient (Wildman–Crippen LogP) is 2.18. The van der Waals surface area contributed by atoms with Crippen LogP contribution < -0.4 is 0 Å². The lowest BCUT2D eigenvalue weighted by atomic mass is 9.61. The molecule has 3 rings (SSSR count). The average molecular weight is 279 g/mol. The van der Waals surface area contributed by atoms with E-state index in [0.29, 0.717) is 18.6 Å². The molecular formula is C15H21NO4. The zero-order chi connectivity index (χ0) is 14.9. The fraction of sp³-hybridized carbons (Fsp3) is 0.800. The third-order valence-electron chi connectivity index (χ3n) is 6.66. The van der Waals surface area contributed by atoms with E-state index in [-0.39, 0.29) is 29.0 Å². The van der Waals surface area contributed by atoms with Crippen LogP contribution in [0.3, 0.4) is 0 Å².